The molecule has 3 aromatic rings. The van der Waals surface area contributed by atoms with E-state index >= 15 is 0 Å². The lowest BCUT2D eigenvalue weighted by atomic mass is 10.2. The van der Waals surface area contributed by atoms with Crippen LogP contribution < -0.4 is 10.5 Å². The lowest BCUT2D eigenvalue weighted by Crippen LogP contribution is -2.46. The van der Waals surface area contributed by atoms with Gasteiger partial charge in [-0.2, -0.15) is 0 Å². The van der Waals surface area contributed by atoms with Crippen LogP contribution in [0.1, 0.15) is 23.0 Å². The Morgan fingerprint density at radius 2 is 1.97 bits per heavy atom. The molecule has 0 saturated carbocycles. The second-order valence-corrected chi connectivity index (χ2v) is 6.90. The predicted molar refractivity (Wildman–Crippen MR) is 109 cm³/mol. The van der Waals surface area contributed by atoms with Crippen molar-refractivity contribution in [1.29, 1.82) is 0 Å². The number of carbonyl (C=O) groups is 1. The Kier molecular flexibility index (Phi) is 5.53. The van der Waals surface area contributed by atoms with Crippen LogP contribution in [0.15, 0.2) is 53.6 Å². The SMILES string of the molecule is CCOC(=O)c1ccc(N2CCN(Cc3cc(=O)n4ccccc4n3)CC2)nc1. The molecule has 1 aliphatic heterocycles. The van der Waals surface area contributed by atoms with Crippen molar-refractivity contribution in [3.05, 3.63) is 70.4 Å². The number of hydrogen-bond acceptors (Lipinski definition) is 7. The van der Waals surface area contributed by atoms with Crippen LogP contribution in [0.4, 0.5) is 5.82 Å². The summed E-state index contributed by atoms with van der Waals surface area (Å²) >= 11 is 0. The molecule has 4 heterocycles. The summed E-state index contributed by atoms with van der Waals surface area (Å²) in [6.07, 6.45) is 3.29. The zero-order valence-corrected chi connectivity index (χ0v) is 16.3. The quantitative estimate of drug-likeness (QED) is 0.609. The van der Waals surface area contributed by atoms with Gasteiger partial charge in [0.2, 0.25) is 0 Å². The van der Waals surface area contributed by atoms with E-state index in [1.165, 1.54) is 0 Å². The highest BCUT2D eigenvalue weighted by molar-refractivity contribution is 5.89. The average molecular weight is 393 g/mol. The number of nitrogens with zero attached hydrogens (tertiary/aromatic N) is 5. The van der Waals surface area contributed by atoms with E-state index in [0.717, 1.165) is 37.7 Å². The standard InChI is InChI=1S/C21H23N5O3/c1-2-29-21(28)16-6-7-18(22-14-16)25-11-9-24(10-12-25)15-17-13-20(27)26-8-4-3-5-19(26)23-17/h3-8,13-14H,2,9-12,15H2,1H3. The van der Waals surface area contributed by atoms with Crippen LogP contribution in [0.5, 0.6) is 0 Å². The topological polar surface area (TPSA) is 80.0 Å². The fraction of sp³-hybridized carbons (Fsp3) is 0.333. The van der Waals surface area contributed by atoms with Crippen molar-refractivity contribution in [3.63, 3.8) is 0 Å². The first-order chi connectivity index (χ1) is 14.1. The molecule has 0 aliphatic carbocycles. The average Bonchev–Trinajstić information content (AvgIpc) is 2.75. The van der Waals surface area contributed by atoms with E-state index in [9.17, 15) is 9.59 Å². The minimum absolute atomic E-state index is 0.0601. The largest absolute Gasteiger partial charge is 0.462 e. The van der Waals surface area contributed by atoms with Crippen LogP contribution in [-0.2, 0) is 11.3 Å². The Labute approximate surface area is 168 Å². The van der Waals surface area contributed by atoms with Gasteiger partial charge in [-0.1, -0.05) is 6.07 Å². The van der Waals surface area contributed by atoms with E-state index in [1.54, 1.807) is 35.9 Å². The number of carbonyl (C=O) groups excluding carboxylic acids is 1. The molecule has 4 rings (SSSR count). The first-order valence-electron chi connectivity index (χ1n) is 9.72. The fourth-order valence-electron chi connectivity index (χ4n) is 3.46. The van der Waals surface area contributed by atoms with Gasteiger partial charge in [0, 0.05) is 51.2 Å². The van der Waals surface area contributed by atoms with Crippen molar-refractivity contribution < 1.29 is 9.53 Å². The number of hydrogen-bond donors (Lipinski definition) is 0. The lowest BCUT2D eigenvalue weighted by molar-refractivity contribution is 0.0526. The van der Waals surface area contributed by atoms with Gasteiger partial charge in [-0.05, 0) is 31.2 Å². The van der Waals surface area contributed by atoms with E-state index in [4.69, 9.17) is 4.74 Å². The molecule has 0 unspecified atom stereocenters. The third-order valence-corrected chi connectivity index (χ3v) is 4.96. The van der Waals surface area contributed by atoms with E-state index in [-0.39, 0.29) is 11.5 Å². The van der Waals surface area contributed by atoms with Gasteiger partial charge in [-0.25, -0.2) is 14.8 Å². The summed E-state index contributed by atoms with van der Waals surface area (Å²) in [5.41, 5.74) is 1.85. The van der Waals surface area contributed by atoms with Crippen LogP contribution in [0.2, 0.25) is 0 Å². The maximum Gasteiger partial charge on any atom is 0.339 e. The Morgan fingerprint density at radius 1 is 1.14 bits per heavy atom. The normalized spacial score (nSPS) is 14.9. The molecular formula is C21H23N5O3. The summed E-state index contributed by atoms with van der Waals surface area (Å²) in [4.78, 5) is 37.5. The fourth-order valence-corrected chi connectivity index (χ4v) is 3.46. The van der Waals surface area contributed by atoms with Crippen LogP contribution in [0.3, 0.4) is 0 Å². The highest BCUT2D eigenvalue weighted by Crippen LogP contribution is 2.15. The second kappa shape index (κ2) is 8.40. The molecular weight excluding hydrogens is 370 g/mol. The summed E-state index contributed by atoms with van der Waals surface area (Å²) in [7, 11) is 0. The number of ether oxygens (including phenoxy) is 1. The molecule has 3 aromatic heterocycles. The molecule has 0 amide bonds. The smallest absolute Gasteiger partial charge is 0.339 e. The number of piperazine rings is 1. The first kappa shape index (κ1) is 19.1. The van der Waals surface area contributed by atoms with Crippen LogP contribution in [0, 0.1) is 0 Å². The number of anilines is 1. The maximum atomic E-state index is 12.2. The Morgan fingerprint density at radius 3 is 2.69 bits per heavy atom. The molecule has 1 aliphatic rings. The van der Waals surface area contributed by atoms with Gasteiger partial charge < -0.3 is 9.64 Å². The number of esters is 1. The van der Waals surface area contributed by atoms with Crippen molar-refractivity contribution in [2.24, 2.45) is 0 Å². The van der Waals surface area contributed by atoms with Gasteiger partial charge in [-0.15, -0.1) is 0 Å². The summed E-state index contributed by atoms with van der Waals surface area (Å²) in [5.74, 6) is 0.495. The number of rotatable bonds is 5. The number of fused-ring (bicyclic) bond motifs is 1. The van der Waals surface area contributed by atoms with Gasteiger partial charge in [0.05, 0.1) is 17.9 Å². The minimum atomic E-state index is -0.352. The van der Waals surface area contributed by atoms with Crippen molar-refractivity contribution in [2.75, 3.05) is 37.7 Å². The van der Waals surface area contributed by atoms with Crippen LogP contribution >= 0.6 is 0 Å². The summed E-state index contributed by atoms with van der Waals surface area (Å²) in [6.45, 7) is 6.10. The molecule has 1 saturated heterocycles. The Hall–Kier alpha value is -3.26. The Balaban J connectivity index is 1.37. The van der Waals surface area contributed by atoms with E-state index in [1.807, 2.05) is 24.3 Å². The zero-order valence-electron chi connectivity index (χ0n) is 16.3. The van der Waals surface area contributed by atoms with Crippen molar-refractivity contribution in [1.82, 2.24) is 19.3 Å². The predicted octanol–water partition coefficient (Wildman–Crippen LogP) is 1.59. The van der Waals surface area contributed by atoms with Gasteiger partial charge in [-0.3, -0.25) is 14.1 Å². The highest BCUT2D eigenvalue weighted by Gasteiger charge is 2.19. The first-order valence-corrected chi connectivity index (χ1v) is 9.72. The van der Waals surface area contributed by atoms with Crippen molar-refractivity contribution >= 4 is 17.4 Å². The van der Waals surface area contributed by atoms with Gasteiger partial charge >= 0.3 is 5.97 Å². The molecule has 1 fully saturated rings. The summed E-state index contributed by atoms with van der Waals surface area (Å²) < 4.78 is 6.54. The minimum Gasteiger partial charge on any atom is -0.462 e. The maximum absolute atomic E-state index is 12.2. The third kappa shape index (κ3) is 4.27. The molecule has 8 nitrogen and oxygen atoms in total. The van der Waals surface area contributed by atoms with Crippen LogP contribution in [0.25, 0.3) is 5.65 Å². The monoisotopic (exact) mass is 393 g/mol. The zero-order chi connectivity index (χ0) is 20.2. The van der Waals surface area contributed by atoms with E-state index < -0.39 is 0 Å². The van der Waals surface area contributed by atoms with E-state index in [0.29, 0.717) is 24.4 Å². The van der Waals surface area contributed by atoms with Crippen LogP contribution in [-0.4, -0.2) is 58.0 Å². The third-order valence-electron chi connectivity index (χ3n) is 4.96. The van der Waals surface area contributed by atoms with E-state index in [2.05, 4.69) is 19.8 Å². The van der Waals surface area contributed by atoms with Gasteiger partial charge in [0.25, 0.3) is 5.56 Å². The molecule has 8 heteroatoms. The number of pyridine rings is 2. The van der Waals surface area contributed by atoms with Gasteiger partial charge in [0.15, 0.2) is 0 Å². The molecule has 0 aromatic carbocycles. The van der Waals surface area contributed by atoms with Crippen molar-refractivity contribution in [3.8, 4) is 0 Å². The highest BCUT2D eigenvalue weighted by atomic mass is 16.5. The van der Waals surface area contributed by atoms with Crippen molar-refractivity contribution in [2.45, 2.75) is 13.5 Å². The number of aromatic nitrogens is 3. The molecule has 0 atom stereocenters. The molecule has 0 N–H and O–H groups in total. The molecule has 29 heavy (non-hydrogen) atoms. The molecule has 0 bridgehead atoms. The second-order valence-electron chi connectivity index (χ2n) is 6.90. The lowest BCUT2D eigenvalue weighted by Gasteiger charge is -2.35. The van der Waals surface area contributed by atoms with Gasteiger partial charge in [0.1, 0.15) is 11.5 Å². The molecule has 150 valence electrons. The molecule has 0 spiro atoms. The summed E-state index contributed by atoms with van der Waals surface area (Å²) in [5, 5.41) is 0. The molecule has 0 radical (unpaired) electrons. The summed E-state index contributed by atoms with van der Waals surface area (Å²) in [6, 6.07) is 10.8. The Bertz CT molecular complexity index is 1060.